The van der Waals surface area contributed by atoms with Gasteiger partial charge >= 0.3 is 35.5 Å². The van der Waals surface area contributed by atoms with Crippen LogP contribution in [0.15, 0.2) is 274 Å². The number of esters is 1. The molecule has 0 N–H and O–H groups in total. The molecule has 0 saturated carbocycles. The van der Waals surface area contributed by atoms with E-state index in [1.807, 2.05) is 231 Å². The van der Waals surface area contributed by atoms with E-state index in [0.29, 0.717) is 36.1 Å². The van der Waals surface area contributed by atoms with Crippen molar-refractivity contribution in [1.82, 2.24) is 67.6 Å². The molecule has 0 aliphatic rings. The molecule has 0 aliphatic heterocycles. The topological polar surface area (TPSA) is 251 Å². The zero-order chi connectivity index (χ0) is 76.9. The van der Waals surface area contributed by atoms with Crippen LogP contribution in [0, 0.1) is 52.2 Å². The predicted molar refractivity (Wildman–Crippen MR) is 414 cm³/mol. The van der Waals surface area contributed by atoms with E-state index in [-0.39, 0.29) is 40.4 Å². The average Bonchev–Trinajstić information content (AvgIpc) is 1.72. The van der Waals surface area contributed by atoms with Gasteiger partial charge < -0.3 is 37.3 Å². The minimum Gasteiger partial charge on any atom is -0.744 e. The van der Waals surface area contributed by atoms with Gasteiger partial charge in [-0.1, -0.05) is 73.3 Å². The predicted octanol–water partition coefficient (Wildman–Crippen LogP) is 13.9. The van der Waals surface area contributed by atoms with Crippen LogP contribution in [-0.4, -0.2) is 107 Å². The molecule has 26 heteroatoms. The number of nitriles is 1. The van der Waals surface area contributed by atoms with Crippen LogP contribution >= 0.6 is 0 Å². The third kappa shape index (κ3) is 25.8. The number of ether oxygens (including phenoxy) is 3. The molecule has 5 aromatic carbocycles. The van der Waals surface area contributed by atoms with Crippen LogP contribution < -0.4 is 34.3 Å². The van der Waals surface area contributed by atoms with Gasteiger partial charge in [-0.05, 0) is 200 Å². The van der Waals surface area contributed by atoms with Gasteiger partial charge in [0.1, 0.15) is 34.4 Å². The number of pyridine rings is 1. The molecule has 108 heavy (non-hydrogen) atoms. The molecule has 0 unspecified atom stereocenters. The molecule has 0 bridgehead atoms. The quantitative estimate of drug-likeness (QED) is 0.0378. The maximum atomic E-state index is 11.6. The Morgan fingerprint density at radius 3 is 1.75 bits per heavy atom. The summed E-state index contributed by atoms with van der Waals surface area (Å²) >= 11 is 0. The van der Waals surface area contributed by atoms with Gasteiger partial charge in [0.15, 0.2) is 5.69 Å². The second-order valence-electron chi connectivity index (χ2n) is 23.0. The number of hydrogen-bond acceptors (Lipinski definition) is 14. The molecular formula is C82H86N17NaO7S. The van der Waals surface area contributed by atoms with Crippen molar-refractivity contribution in [3.63, 3.8) is 0 Å². The molecule has 0 aliphatic carbocycles. The minimum absolute atomic E-state index is 0. The largest absolute Gasteiger partial charge is 1.00 e. The molecule has 0 amide bonds. The van der Waals surface area contributed by atoms with E-state index in [1.165, 1.54) is 29.0 Å². The summed E-state index contributed by atoms with van der Waals surface area (Å²) in [6.07, 6.45) is 25.6. The molecule has 548 valence electrons. The van der Waals surface area contributed by atoms with Crippen LogP contribution in [-0.2, 0) is 46.0 Å². The molecule has 9 aromatic heterocycles. The number of nitrogens with zero attached hydrogens (tertiary/aromatic N) is 17. The molecule has 0 spiro atoms. The number of hydrogen-bond donors (Lipinski definition) is 0. The maximum absolute atomic E-state index is 11.6. The first kappa shape index (κ1) is 84.7. The van der Waals surface area contributed by atoms with E-state index < -0.39 is 10.1 Å². The Bertz CT molecular complexity index is 5210. The van der Waals surface area contributed by atoms with Crippen LogP contribution in [0.5, 0.6) is 5.75 Å². The van der Waals surface area contributed by atoms with Crippen LogP contribution in [0.3, 0.4) is 0 Å². The molecule has 9 heterocycles. The van der Waals surface area contributed by atoms with Crippen molar-refractivity contribution in [2.24, 2.45) is 0 Å². The maximum Gasteiger partial charge on any atom is 1.00 e. The molecule has 0 atom stereocenters. The van der Waals surface area contributed by atoms with Crippen molar-refractivity contribution in [3.05, 3.63) is 325 Å². The molecule has 14 aromatic rings. The van der Waals surface area contributed by atoms with Gasteiger partial charge in [0.25, 0.3) is 5.82 Å². The van der Waals surface area contributed by atoms with E-state index in [4.69, 9.17) is 27.4 Å². The van der Waals surface area contributed by atoms with Gasteiger partial charge in [0, 0.05) is 122 Å². The fourth-order valence-electron chi connectivity index (χ4n) is 9.95. The van der Waals surface area contributed by atoms with E-state index in [2.05, 4.69) is 89.0 Å². The van der Waals surface area contributed by atoms with Gasteiger partial charge in [0.2, 0.25) is 5.69 Å². The monoisotopic (exact) mass is 1480 g/mol. The minimum atomic E-state index is -4.36. The molecule has 0 fully saturated rings. The molecular weight excluding hydrogens is 1390 g/mol. The third-order valence-corrected chi connectivity index (χ3v) is 16.4. The number of rotatable bonds is 16. The van der Waals surface area contributed by atoms with Crippen LogP contribution in [0.25, 0.3) is 54.8 Å². The third-order valence-electron chi connectivity index (χ3n) is 15.5. The Balaban J connectivity index is 0.000000196. The van der Waals surface area contributed by atoms with Crippen molar-refractivity contribution in [3.8, 4) is 57.0 Å². The number of aryl methyl sites for hydroxylation is 7. The zero-order valence-electron chi connectivity index (χ0n) is 62.5. The Morgan fingerprint density at radius 2 is 1.20 bits per heavy atom. The first-order valence-electron chi connectivity index (χ1n) is 34.2. The number of para-hydroxylation sites is 2. The first-order chi connectivity index (χ1) is 51.9. The summed E-state index contributed by atoms with van der Waals surface area (Å²) in [4.78, 5) is 22.1. The summed E-state index contributed by atoms with van der Waals surface area (Å²) in [5.74, 6) is 0.998. The van der Waals surface area contributed by atoms with Gasteiger partial charge in [0.05, 0.1) is 61.2 Å². The van der Waals surface area contributed by atoms with E-state index in [9.17, 15) is 23.0 Å². The van der Waals surface area contributed by atoms with E-state index >= 15 is 0 Å². The summed E-state index contributed by atoms with van der Waals surface area (Å²) in [5, 5.41) is 29.6. The number of methoxy groups -OCH3 is 1. The van der Waals surface area contributed by atoms with Crippen molar-refractivity contribution < 1.29 is 61.5 Å². The summed E-state index contributed by atoms with van der Waals surface area (Å²) in [6.45, 7) is 36.0. The van der Waals surface area contributed by atoms with E-state index in [0.717, 1.165) is 82.7 Å². The Hall–Kier alpha value is -12.3. The fraction of sp³-hybridized carbons (Fsp3) is 0.195. The van der Waals surface area contributed by atoms with E-state index in [1.54, 1.807) is 89.5 Å². The van der Waals surface area contributed by atoms with Crippen molar-refractivity contribution in [1.29, 1.82) is 5.26 Å². The van der Waals surface area contributed by atoms with Crippen LogP contribution in [0.1, 0.15) is 73.1 Å². The molecule has 0 radical (unpaired) electrons. The Morgan fingerprint density at radius 1 is 0.565 bits per heavy atom. The number of benzene rings is 5. The Kier molecular flexibility index (Phi) is 34.9. The standard InChI is InChI=1S/C18H14N2O.C12H12N2O2.C11H9N3.C11H12N2.C11H11NO3S.C7H12N2O.C6H7N3.C6H10N2.Na/c1-21-17-9-7-16(8-10-17)20-12-15(11-19)18(13-20)14-5-3-2-4-6-14;1-2-16-12(15)11-8-9-13-14(11)10-6-4-3-5-7-10;1-9-5-3-4-6-10(9)14-11(12-2)7-8-13-14;1-2-13-8-4-6-11(13)10-5-3-7-12-9-10;1-9-6-7-12(8-9)10-2-4-11(5-3-10)16(13,14)15;1-3-10-6-9-7(2)4-5-8-9;1-3-9-5-6(7-2)4-8-9;1-3-8-5-6(2)4-7-8;/h2-10,12-13H,1H3;3-9H,2H2,1H3;3-8H,1H3;3-9H,2H2,1H3;2-8H,1H3,(H,13,14,15);4-5H,3,6H2,1-2H3;4-5H,3H2,1H3;4-5H,3H2,1-2H3;/q;;;;;;;;+1/p-1. The fourth-order valence-corrected chi connectivity index (χ4v) is 10.4. The van der Waals surface area contributed by atoms with Crippen LogP contribution in [0.2, 0.25) is 0 Å². The second-order valence-corrected chi connectivity index (χ2v) is 24.3. The van der Waals surface area contributed by atoms with Crippen molar-refractivity contribution >= 4 is 27.6 Å². The van der Waals surface area contributed by atoms with Gasteiger partial charge in [-0.3, -0.25) is 14.3 Å². The molecule has 24 nitrogen and oxygen atoms in total. The first-order valence-corrected chi connectivity index (χ1v) is 35.6. The number of carbonyl (C=O) groups excluding carboxylic acids is 1. The van der Waals surface area contributed by atoms with Crippen molar-refractivity contribution in [2.45, 2.75) is 93.6 Å². The van der Waals surface area contributed by atoms with Crippen molar-refractivity contribution in [2.75, 3.05) is 20.3 Å². The van der Waals surface area contributed by atoms with Crippen LogP contribution in [0.4, 0.5) is 11.5 Å². The molecule has 14 rings (SSSR count). The van der Waals surface area contributed by atoms with Gasteiger partial charge in [-0.25, -0.2) is 27.4 Å². The smallest absolute Gasteiger partial charge is 0.744 e. The average molecular weight is 1480 g/mol. The summed E-state index contributed by atoms with van der Waals surface area (Å²) in [7, 11) is -2.71. The molecule has 0 saturated heterocycles. The zero-order valence-corrected chi connectivity index (χ0v) is 65.3. The summed E-state index contributed by atoms with van der Waals surface area (Å²) < 4.78 is 62.1. The SMILES string of the molecule is CCOC(=O)c1ccnn1-c1ccccc1.CCOCn1nccc1C.CCn1cc(C)cn1.CCn1cccc1-c1cccnc1.COc1ccc(-n2cc(C#N)c(-c3ccccc3)c2)cc1.Cc1ccn(-c2ccc(S(=O)(=O)[O-])cc2)c1.[C-]#[N+]c1ccnn1-c1ccccc1C.[C-]#[N+]c1cnn(CC)c1.[Na+]. The normalized spacial score (nSPS) is 10.1. The second kappa shape index (κ2) is 44.5. The van der Waals surface area contributed by atoms with Gasteiger partial charge in [-0.2, -0.15) is 30.3 Å². The Labute approximate surface area is 653 Å². The summed E-state index contributed by atoms with van der Waals surface area (Å²) in [5.41, 5.74) is 14.3. The number of carbonyl (C=O) groups is 1. The number of aromatic nitrogens is 14. The van der Waals surface area contributed by atoms with Gasteiger partial charge in [-0.15, -0.1) is 5.10 Å². The summed E-state index contributed by atoms with van der Waals surface area (Å²) in [6, 6.07) is 58.6.